The summed E-state index contributed by atoms with van der Waals surface area (Å²) in [6.45, 7) is 3.32. The number of pyridine rings is 1. The highest BCUT2D eigenvalue weighted by atomic mass is 16.2. The zero-order valence-corrected chi connectivity index (χ0v) is 14.0. The summed E-state index contributed by atoms with van der Waals surface area (Å²) in [5.74, 6) is 0.553. The highest BCUT2D eigenvalue weighted by molar-refractivity contribution is 5.99. The van der Waals surface area contributed by atoms with Gasteiger partial charge in [0.05, 0.1) is 11.9 Å². The van der Waals surface area contributed by atoms with E-state index in [0.29, 0.717) is 11.9 Å². The second-order valence-corrected chi connectivity index (χ2v) is 6.10. The summed E-state index contributed by atoms with van der Waals surface area (Å²) in [5.41, 5.74) is 1.89. The maximum absolute atomic E-state index is 12.0. The second-order valence-electron chi connectivity index (χ2n) is 6.10. The van der Waals surface area contributed by atoms with Gasteiger partial charge in [-0.15, -0.1) is 0 Å². The molecule has 2 N–H and O–H groups in total. The fourth-order valence-electron chi connectivity index (χ4n) is 3.19. The van der Waals surface area contributed by atoms with Crippen LogP contribution < -0.4 is 15.5 Å². The smallest absolute Gasteiger partial charge is 0.324 e. The van der Waals surface area contributed by atoms with Crippen molar-refractivity contribution in [2.24, 2.45) is 0 Å². The highest BCUT2D eigenvalue weighted by Gasteiger charge is 2.21. The van der Waals surface area contributed by atoms with Crippen molar-refractivity contribution in [1.29, 1.82) is 0 Å². The minimum absolute atomic E-state index is 0.286. The predicted octanol–water partition coefficient (Wildman–Crippen LogP) is 4.49. The van der Waals surface area contributed by atoms with Crippen LogP contribution in [0, 0.1) is 0 Å². The zero-order chi connectivity index (χ0) is 16.8. The fraction of sp³-hybridized carbons (Fsp3) is 0.368. The van der Waals surface area contributed by atoms with E-state index in [2.05, 4.69) is 27.4 Å². The van der Waals surface area contributed by atoms with Gasteiger partial charge in [-0.3, -0.25) is 5.32 Å². The topological polar surface area (TPSA) is 57.3 Å². The van der Waals surface area contributed by atoms with E-state index in [1.165, 1.54) is 19.3 Å². The van der Waals surface area contributed by atoms with Crippen molar-refractivity contribution in [3.8, 4) is 0 Å². The maximum atomic E-state index is 12.0. The molecule has 2 heterocycles. The Morgan fingerprint density at radius 1 is 1.17 bits per heavy atom. The van der Waals surface area contributed by atoms with Crippen LogP contribution in [0.15, 0.2) is 48.7 Å². The fourth-order valence-corrected chi connectivity index (χ4v) is 3.19. The molecule has 0 bridgehead atoms. The maximum Gasteiger partial charge on any atom is 0.324 e. The third-order valence-corrected chi connectivity index (χ3v) is 4.45. The highest BCUT2D eigenvalue weighted by Crippen LogP contribution is 2.26. The zero-order valence-electron chi connectivity index (χ0n) is 14.0. The van der Waals surface area contributed by atoms with Crippen LogP contribution in [0.2, 0.25) is 0 Å². The molecule has 0 saturated carbocycles. The Hall–Kier alpha value is -2.56. The molecule has 1 aliphatic heterocycles. The first kappa shape index (κ1) is 16.3. The summed E-state index contributed by atoms with van der Waals surface area (Å²) in [6.07, 6.45) is 6.79. The van der Waals surface area contributed by atoms with E-state index >= 15 is 0 Å². The molecule has 5 nitrogen and oxygen atoms in total. The first-order chi connectivity index (χ1) is 11.8. The Morgan fingerprint density at radius 2 is 2.00 bits per heavy atom. The predicted molar refractivity (Wildman–Crippen MR) is 98.6 cm³/mol. The van der Waals surface area contributed by atoms with Gasteiger partial charge in [0.1, 0.15) is 5.82 Å². The number of benzene rings is 1. The number of para-hydroxylation sites is 1. The number of carbonyl (C=O) groups is 1. The van der Waals surface area contributed by atoms with Gasteiger partial charge in [0.15, 0.2) is 0 Å². The number of aromatic nitrogens is 1. The number of hydrogen-bond acceptors (Lipinski definition) is 3. The van der Waals surface area contributed by atoms with Gasteiger partial charge in [-0.1, -0.05) is 25.1 Å². The Morgan fingerprint density at radius 3 is 2.71 bits per heavy atom. The number of carbonyl (C=O) groups excluding carboxylic acids is 1. The van der Waals surface area contributed by atoms with Crippen LogP contribution in [0.4, 0.5) is 22.0 Å². The van der Waals surface area contributed by atoms with Crippen molar-refractivity contribution >= 4 is 23.2 Å². The van der Waals surface area contributed by atoms with Crippen LogP contribution in [-0.2, 0) is 0 Å². The van der Waals surface area contributed by atoms with E-state index in [4.69, 9.17) is 0 Å². The Kier molecular flexibility index (Phi) is 5.31. The molecule has 1 atom stereocenters. The first-order valence-corrected chi connectivity index (χ1v) is 8.62. The standard InChI is InChI=1S/C19H24N4O/c1-2-16-10-6-7-13-23(16)17-11-12-18(20-14-17)22-19(24)21-15-8-4-3-5-9-15/h3-5,8-9,11-12,14,16H,2,6-7,10,13H2,1H3,(H2,20,21,22,24). The average molecular weight is 324 g/mol. The third kappa shape index (κ3) is 4.04. The molecule has 1 aromatic carbocycles. The van der Waals surface area contributed by atoms with Crippen LogP contribution in [0.3, 0.4) is 0 Å². The van der Waals surface area contributed by atoms with E-state index in [9.17, 15) is 4.79 Å². The number of amides is 2. The lowest BCUT2D eigenvalue weighted by Crippen LogP contribution is -2.39. The van der Waals surface area contributed by atoms with E-state index < -0.39 is 0 Å². The van der Waals surface area contributed by atoms with Crippen molar-refractivity contribution in [1.82, 2.24) is 4.98 Å². The summed E-state index contributed by atoms with van der Waals surface area (Å²) in [5, 5.41) is 5.55. The molecular formula is C19H24N4O. The Labute approximate surface area is 143 Å². The third-order valence-electron chi connectivity index (χ3n) is 4.45. The average Bonchev–Trinajstić information content (AvgIpc) is 2.63. The van der Waals surface area contributed by atoms with Crippen molar-refractivity contribution < 1.29 is 4.79 Å². The number of anilines is 3. The monoisotopic (exact) mass is 324 g/mol. The van der Waals surface area contributed by atoms with Crippen molar-refractivity contribution in [2.45, 2.75) is 38.6 Å². The van der Waals surface area contributed by atoms with Gasteiger partial charge in [-0.2, -0.15) is 0 Å². The number of urea groups is 1. The number of piperidine rings is 1. The van der Waals surface area contributed by atoms with Crippen LogP contribution in [-0.4, -0.2) is 23.6 Å². The van der Waals surface area contributed by atoms with Crippen LogP contribution in [0.5, 0.6) is 0 Å². The molecule has 2 amide bonds. The molecule has 1 aliphatic rings. The molecule has 5 heteroatoms. The van der Waals surface area contributed by atoms with E-state index in [1.54, 1.807) is 0 Å². The minimum atomic E-state index is -0.286. The van der Waals surface area contributed by atoms with E-state index in [1.807, 2.05) is 48.7 Å². The summed E-state index contributed by atoms with van der Waals surface area (Å²) >= 11 is 0. The van der Waals surface area contributed by atoms with Gasteiger partial charge in [0, 0.05) is 18.3 Å². The largest absolute Gasteiger partial charge is 0.367 e. The molecule has 126 valence electrons. The lowest BCUT2D eigenvalue weighted by atomic mass is 9.99. The lowest BCUT2D eigenvalue weighted by Gasteiger charge is -2.37. The first-order valence-electron chi connectivity index (χ1n) is 8.62. The van der Waals surface area contributed by atoms with Crippen LogP contribution in [0.25, 0.3) is 0 Å². The van der Waals surface area contributed by atoms with E-state index in [0.717, 1.165) is 24.3 Å². The van der Waals surface area contributed by atoms with Crippen LogP contribution >= 0.6 is 0 Å². The molecule has 2 aromatic rings. The summed E-state index contributed by atoms with van der Waals surface area (Å²) < 4.78 is 0. The molecule has 1 fully saturated rings. The SMILES string of the molecule is CCC1CCCCN1c1ccc(NC(=O)Nc2ccccc2)nc1. The summed E-state index contributed by atoms with van der Waals surface area (Å²) in [4.78, 5) is 18.8. The molecule has 1 aromatic heterocycles. The second kappa shape index (κ2) is 7.81. The minimum Gasteiger partial charge on any atom is -0.367 e. The number of rotatable bonds is 4. The molecule has 3 rings (SSSR count). The van der Waals surface area contributed by atoms with Gasteiger partial charge < -0.3 is 10.2 Å². The van der Waals surface area contributed by atoms with Gasteiger partial charge in [-0.05, 0) is 49.9 Å². The molecule has 0 aliphatic carbocycles. The molecule has 0 radical (unpaired) electrons. The molecule has 0 spiro atoms. The van der Waals surface area contributed by atoms with Crippen molar-refractivity contribution in [2.75, 3.05) is 22.1 Å². The van der Waals surface area contributed by atoms with Crippen molar-refractivity contribution in [3.05, 3.63) is 48.7 Å². The van der Waals surface area contributed by atoms with Gasteiger partial charge in [-0.25, -0.2) is 9.78 Å². The summed E-state index contributed by atoms with van der Waals surface area (Å²) in [7, 11) is 0. The molecule has 1 saturated heterocycles. The lowest BCUT2D eigenvalue weighted by molar-refractivity contribution is 0.262. The summed E-state index contributed by atoms with van der Waals surface area (Å²) in [6, 6.07) is 13.6. The van der Waals surface area contributed by atoms with Gasteiger partial charge in [0.25, 0.3) is 0 Å². The number of hydrogen-bond donors (Lipinski definition) is 2. The number of nitrogens with zero attached hydrogens (tertiary/aromatic N) is 2. The molecule has 1 unspecified atom stereocenters. The van der Waals surface area contributed by atoms with Gasteiger partial charge in [0.2, 0.25) is 0 Å². The number of nitrogens with one attached hydrogen (secondary N) is 2. The quantitative estimate of drug-likeness (QED) is 0.871. The van der Waals surface area contributed by atoms with Crippen LogP contribution in [0.1, 0.15) is 32.6 Å². The molecular weight excluding hydrogens is 300 g/mol. The van der Waals surface area contributed by atoms with Gasteiger partial charge >= 0.3 is 6.03 Å². The normalized spacial score (nSPS) is 17.4. The Balaban J connectivity index is 1.61. The molecule has 24 heavy (non-hydrogen) atoms. The van der Waals surface area contributed by atoms with E-state index in [-0.39, 0.29) is 6.03 Å². The van der Waals surface area contributed by atoms with Crippen molar-refractivity contribution in [3.63, 3.8) is 0 Å². The Bertz CT molecular complexity index is 657.